The van der Waals surface area contributed by atoms with E-state index in [1.807, 2.05) is 0 Å². The van der Waals surface area contributed by atoms with Crippen molar-refractivity contribution in [1.29, 1.82) is 0 Å². The minimum absolute atomic E-state index is 0.00781. The smallest absolute Gasteiger partial charge is 0.431 e. The number of amides is 1. The van der Waals surface area contributed by atoms with Gasteiger partial charge in [-0.05, 0) is 31.9 Å². The van der Waals surface area contributed by atoms with E-state index >= 15 is 0 Å². The van der Waals surface area contributed by atoms with Crippen molar-refractivity contribution in [1.82, 2.24) is 9.32 Å². The Hall–Kier alpha value is -1.83. The molecule has 2 heterocycles. The second kappa shape index (κ2) is 9.67. The van der Waals surface area contributed by atoms with Crippen LogP contribution in [0.2, 0.25) is 0 Å². The van der Waals surface area contributed by atoms with Gasteiger partial charge < -0.3 is 19.5 Å². The topological polar surface area (TPSA) is 62.2 Å². The molecule has 0 radical (unpaired) electrons. The maximum atomic E-state index is 13.6. The number of aliphatic hydroxyl groups is 1. The van der Waals surface area contributed by atoms with Crippen molar-refractivity contribution < 1.29 is 45.7 Å². The first-order valence-electron chi connectivity index (χ1n) is 9.98. The van der Waals surface area contributed by atoms with Gasteiger partial charge in [0, 0.05) is 30.6 Å². The molecule has 0 aromatic heterocycles. The molecule has 14 heteroatoms. The highest BCUT2D eigenvalue weighted by Gasteiger charge is 2.74. The van der Waals surface area contributed by atoms with Crippen molar-refractivity contribution in [2.45, 2.75) is 49.3 Å². The standard InChI is InChI=1S/C20H21ClF6N2O4S/c1-11-15(18(31,19(22,23)24)20(25,26)27)34-17(28(11)10-12-6-5-9-33-12)29(21)16(30)13-7-3-4-8-14(13)32-2/h3-4,7-8,12,17,31H,5-6,9-10H2,1-2H3/t12-,17?/m1/s1. The first-order valence-corrected chi connectivity index (χ1v) is 11.2. The SMILES string of the molecule is COc1ccccc1C(=O)N(Cl)C1SC(C(O)(C(F)(F)F)C(F)(F)F)=C(C)N1C[C@H]1CCCO1. The molecule has 3 rings (SSSR count). The number of halogens is 7. The monoisotopic (exact) mass is 534 g/mol. The summed E-state index contributed by atoms with van der Waals surface area (Å²) in [6, 6.07) is 5.86. The largest absolute Gasteiger partial charge is 0.496 e. The molecule has 1 fully saturated rings. The summed E-state index contributed by atoms with van der Waals surface area (Å²) in [5.74, 6) is -0.802. The highest BCUT2D eigenvalue weighted by molar-refractivity contribution is 8.04. The lowest BCUT2D eigenvalue weighted by molar-refractivity contribution is -0.349. The molecule has 1 aromatic rings. The summed E-state index contributed by atoms with van der Waals surface area (Å²) in [4.78, 5) is 12.8. The van der Waals surface area contributed by atoms with Crippen LogP contribution in [0.15, 0.2) is 34.9 Å². The average molecular weight is 535 g/mol. The zero-order valence-electron chi connectivity index (χ0n) is 17.9. The van der Waals surface area contributed by atoms with Crippen molar-refractivity contribution in [2.24, 2.45) is 0 Å². The van der Waals surface area contributed by atoms with E-state index in [1.165, 1.54) is 25.3 Å². The molecule has 2 atom stereocenters. The van der Waals surface area contributed by atoms with E-state index in [4.69, 9.17) is 21.3 Å². The van der Waals surface area contributed by atoms with E-state index in [1.54, 1.807) is 6.07 Å². The van der Waals surface area contributed by atoms with Gasteiger partial charge in [0.15, 0.2) is 5.50 Å². The second-order valence-electron chi connectivity index (χ2n) is 7.67. The molecule has 34 heavy (non-hydrogen) atoms. The highest BCUT2D eigenvalue weighted by atomic mass is 35.5. The van der Waals surface area contributed by atoms with E-state index in [0.717, 1.165) is 11.8 Å². The summed E-state index contributed by atoms with van der Waals surface area (Å²) >= 11 is 6.25. The normalized spacial score (nSPS) is 21.9. The van der Waals surface area contributed by atoms with Crippen molar-refractivity contribution in [3.63, 3.8) is 0 Å². The number of ether oxygens (including phenoxy) is 2. The Morgan fingerprint density at radius 2 is 1.88 bits per heavy atom. The van der Waals surface area contributed by atoms with Gasteiger partial charge in [-0.15, -0.1) is 0 Å². The van der Waals surface area contributed by atoms with Gasteiger partial charge in [0.25, 0.3) is 11.5 Å². The second-order valence-corrected chi connectivity index (χ2v) is 9.10. The Bertz CT molecular complexity index is 938. The minimum atomic E-state index is -6.08. The van der Waals surface area contributed by atoms with Crippen LogP contribution >= 0.6 is 23.5 Å². The zero-order valence-corrected chi connectivity index (χ0v) is 19.5. The quantitative estimate of drug-likeness (QED) is 0.414. The summed E-state index contributed by atoms with van der Waals surface area (Å²) in [5, 5.41) is 10.0. The molecule has 2 aliphatic heterocycles. The maximum absolute atomic E-state index is 13.6. The molecule has 2 aliphatic rings. The van der Waals surface area contributed by atoms with Gasteiger partial charge in [-0.25, -0.2) is 4.42 Å². The summed E-state index contributed by atoms with van der Waals surface area (Å²) in [6.07, 6.45) is -11.5. The fourth-order valence-corrected chi connectivity index (χ4v) is 5.53. The predicted octanol–water partition coefficient (Wildman–Crippen LogP) is 4.89. The molecule has 1 saturated heterocycles. The number of thioether (sulfide) groups is 1. The van der Waals surface area contributed by atoms with Crippen LogP contribution in [-0.2, 0) is 4.74 Å². The van der Waals surface area contributed by atoms with Crippen LogP contribution in [0, 0.1) is 0 Å². The van der Waals surface area contributed by atoms with Crippen LogP contribution in [0.25, 0.3) is 0 Å². The van der Waals surface area contributed by atoms with Crippen LogP contribution in [0.4, 0.5) is 26.3 Å². The van der Waals surface area contributed by atoms with Gasteiger partial charge in [0.1, 0.15) is 5.75 Å². The molecule has 0 saturated carbocycles. The molecule has 0 bridgehead atoms. The molecule has 0 aliphatic carbocycles. The number of alkyl halides is 6. The third-order valence-electron chi connectivity index (χ3n) is 5.55. The van der Waals surface area contributed by atoms with Gasteiger partial charge in [0.05, 0.1) is 23.7 Å². The van der Waals surface area contributed by atoms with E-state index in [9.17, 15) is 36.2 Å². The maximum Gasteiger partial charge on any atom is 0.431 e. The summed E-state index contributed by atoms with van der Waals surface area (Å²) in [7, 11) is 1.29. The Kier molecular flexibility index (Phi) is 7.61. The first kappa shape index (κ1) is 26.8. The Labute approximate surface area is 200 Å². The van der Waals surface area contributed by atoms with E-state index in [2.05, 4.69) is 0 Å². The number of benzene rings is 1. The van der Waals surface area contributed by atoms with Crippen molar-refractivity contribution >= 4 is 29.4 Å². The first-order chi connectivity index (χ1) is 15.7. The van der Waals surface area contributed by atoms with Crippen LogP contribution < -0.4 is 4.74 Å². The van der Waals surface area contributed by atoms with Gasteiger partial charge in [-0.2, -0.15) is 26.3 Å². The Balaban J connectivity index is 2.04. The number of hydrogen-bond acceptors (Lipinski definition) is 6. The van der Waals surface area contributed by atoms with Gasteiger partial charge in [0.2, 0.25) is 0 Å². The molecular formula is C20H21ClF6N2O4S. The number of nitrogens with zero attached hydrogens (tertiary/aromatic N) is 2. The lowest BCUT2D eigenvalue weighted by Gasteiger charge is -2.33. The molecule has 0 spiro atoms. The van der Waals surface area contributed by atoms with Gasteiger partial charge in [-0.1, -0.05) is 23.9 Å². The molecule has 1 unspecified atom stereocenters. The molecule has 190 valence electrons. The number of rotatable bonds is 6. The van der Waals surface area contributed by atoms with Crippen LogP contribution in [0.3, 0.4) is 0 Å². The predicted molar refractivity (Wildman–Crippen MR) is 112 cm³/mol. The van der Waals surface area contributed by atoms with Crippen molar-refractivity contribution in [3.8, 4) is 5.75 Å². The number of carbonyl (C=O) groups excluding carboxylic acids is 1. The lowest BCUT2D eigenvalue weighted by Crippen LogP contribution is -2.57. The number of hydrogen-bond donors (Lipinski definition) is 1. The number of para-hydroxylation sites is 1. The Morgan fingerprint density at radius 1 is 1.26 bits per heavy atom. The van der Waals surface area contributed by atoms with Gasteiger partial charge in [-0.3, -0.25) is 4.79 Å². The molecule has 6 nitrogen and oxygen atoms in total. The summed E-state index contributed by atoms with van der Waals surface area (Å²) in [6.45, 7) is 1.25. The van der Waals surface area contributed by atoms with Crippen LogP contribution in [-0.4, -0.2) is 70.1 Å². The van der Waals surface area contributed by atoms with E-state index < -0.39 is 46.1 Å². The fourth-order valence-electron chi connectivity index (χ4n) is 3.76. The number of allylic oxidation sites excluding steroid dienone is 1. The van der Waals surface area contributed by atoms with Gasteiger partial charge >= 0.3 is 12.4 Å². The van der Waals surface area contributed by atoms with Crippen molar-refractivity contribution in [3.05, 3.63) is 40.4 Å². The van der Waals surface area contributed by atoms with Crippen LogP contribution in [0.1, 0.15) is 30.1 Å². The zero-order chi connectivity index (χ0) is 25.5. The molecule has 1 amide bonds. The molecule has 1 aromatic carbocycles. The van der Waals surface area contributed by atoms with Crippen molar-refractivity contribution in [2.75, 3.05) is 20.3 Å². The number of methoxy groups -OCH3 is 1. The Morgan fingerprint density at radius 3 is 2.41 bits per heavy atom. The molecule has 1 N–H and O–H groups in total. The third kappa shape index (κ3) is 4.67. The minimum Gasteiger partial charge on any atom is -0.496 e. The van der Waals surface area contributed by atoms with E-state index in [-0.39, 0.29) is 29.6 Å². The summed E-state index contributed by atoms with van der Waals surface area (Å²) < 4.78 is 92.8. The van der Waals surface area contributed by atoms with Crippen LogP contribution in [0.5, 0.6) is 5.75 Å². The molecular weight excluding hydrogens is 514 g/mol. The van der Waals surface area contributed by atoms with E-state index in [0.29, 0.717) is 23.9 Å². The fraction of sp³-hybridized carbons (Fsp3) is 0.550. The number of carbonyl (C=O) groups is 1. The third-order valence-corrected chi connectivity index (χ3v) is 7.50. The summed E-state index contributed by atoms with van der Waals surface area (Å²) in [5.41, 5.74) is -7.25. The highest BCUT2D eigenvalue weighted by Crippen LogP contribution is 2.56. The average Bonchev–Trinajstić information content (AvgIpc) is 3.39. The lowest BCUT2D eigenvalue weighted by atomic mass is 10.0.